The average Bonchev–Trinajstić information content (AvgIpc) is 1.57. The van der Waals surface area contributed by atoms with Crippen molar-refractivity contribution in [2.75, 3.05) is 26.2 Å². The molecular weight excluding hydrogens is 1570 g/mol. The fourth-order valence-corrected chi connectivity index (χ4v) is 16.9. The van der Waals surface area contributed by atoms with Gasteiger partial charge in [0.05, 0.1) is 32.2 Å². The van der Waals surface area contributed by atoms with E-state index in [0.717, 1.165) is 69.0 Å². The highest BCUT2D eigenvalue weighted by Gasteiger charge is 2.64. The Hall–Kier alpha value is -10.7. The van der Waals surface area contributed by atoms with Crippen LogP contribution in [0.2, 0.25) is 0 Å². The number of carboxylic acids is 1. The van der Waals surface area contributed by atoms with E-state index < -0.39 is 130 Å². The van der Waals surface area contributed by atoms with E-state index >= 15 is 0 Å². The van der Waals surface area contributed by atoms with Crippen LogP contribution in [0.4, 0.5) is 28.0 Å². The van der Waals surface area contributed by atoms with Crippen LogP contribution in [0.1, 0.15) is 190 Å². The molecule has 0 radical (unpaired) electrons. The van der Waals surface area contributed by atoms with E-state index in [1.165, 1.54) is 31.7 Å². The molecule has 4 aromatic rings. The summed E-state index contributed by atoms with van der Waals surface area (Å²) in [5, 5.41) is 30.2. The summed E-state index contributed by atoms with van der Waals surface area (Å²) in [4.78, 5) is 168. The Morgan fingerprint density at radius 2 is 0.992 bits per heavy atom. The fraction of sp³-hybridized carbons (Fsp3) is 0.545. The Balaban J connectivity index is 0.000000203. The first-order chi connectivity index (χ1) is 56.8. The molecule has 6 fully saturated rings. The number of hydrogen-bond donors (Lipinski definition) is 8. The van der Waals surface area contributed by atoms with Crippen LogP contribution in [0, 0.1) is 23.5 Å². The van der Waals surface area contributed by atoms with Gasteiger partial charge < -0.3 is 76.0 Å². The molecule has 11 amide bonds. The fourth-order valence-electron chi connectivity index (χ4n) is 16.9. The van der Waals surface area contributed by atoms with Crippen LogP contribution >= 0.6 is 12.4 Å². The van der Waals surface area contributed by atoms with E-state index in [9.17, 15) is 71.4 Å². The normalized spacial score (nSPS) is 27.1. The van der Waals surface area contributed by atoms with Gasteiger partial charge in [0.2, 0.25) is 41.4 Å². The molecular formula is C88H113ClF2N12O17. The Labute approximate surface area is 704 Å². The maximum absolute atomic E-state index is 14.7. The summed E-state index contributed by atoms with van der Waals surface area (Å²) in [6.45, 7) is 12.6. The van der Waals surface area contributed by atoms with Gasteiger partial charge in [-0.2, -0.15) is 0 Å². The molecule has 32 heteroatoms. The van der Waals surface area contributed by atoms with Gasteiger partial charge in [-0.1, -0.05) is 135 Å². The standard InChI is InChI=1S/C44H55FN6O8.C32H41FN4O8.C12H16N2O.ClH/c1-43(2,3)59-41(56)47-34-19-11-6-4-5-10-17-30-23-44(30,40(55)50-21-13-20-35(50)37(52)46-24-28-14-8-7-9-15-28)48-38(53)36-22-31(26-51(36)39(34)54)58-42(57)49-25-29-16-12-18-33(45)32(29)27-49;1-31(2,3)45-29(42)34-24-13-8-6-4-5-7-11-20-15-32(20,28(40)41)35-26(38)25-14-21(17-37(25)27(24)39)44-30(43)36-16-19-10-9-12-23(33)22(19)18-36;15-12(11-7-4-8-13-11)14-9-10-5-2-1-3-6-10;/h7-10,12,14-18,30-31,34-36H,4-6,11,13,19-27H2,1-3H3,(H,46,52)(H,47,56)(H,48,53);7,9-12,20-21,24-25H,4-6,8,13-18H2,1-3H3,(H,34,42)(H,35,38)(H,40,41);1-3,5-6,11,13H,4,7-9H2,(H,14,15);1H/b17-10-;11-7-;;/t30-,31-,34+,35-,36+,44-;20-,21-,24-,25+,32-;11-;/m111./s1. The molecule has 29 nitrogen and oxygen atoms in total. The molecule has 0 unspecified atom stereocenters. The van der Waals surface area contributed by atoms with Crippen molar-refractivity contribution in [2.45, 2.75) is 267 Å². The SMILES string of the molecule is CC(C)(C)OC(=O)N[C@@H]1CCCCC/C=C\[C@@H]2C[C@@]2(C(=O)O)NC(=O)[C@@H]2C[C@@H](OC(=O)N3Cc4cccc(F)c4C3)CN2C1=O.CC(C)(C)OC(=O)N[C@H]1CCCCC/C=C\[C@@H]2C[C@@]2(C(=O)N2CCC[C@@H]2C(=O)NCc2ccccc2)NC(=O)[C@@H]2C[C@@H](OC(=O)N3Cc4cccc(F)c4C3)CN2C1=O.Cl.O=C(NCc1ccccc1)[C@H]1CCCN1. The van der Waals surface area contributed by atoms with E-state index in [0.29, 0.717) is 74.0 Å². The van der Waals surface area contributed by atoms with Crippen molar-refractivity contribution in [3.8, 4) is 0 Å². The molecule has 648 valence electrons. The number of nitrogens with zero attached hydrogens (tertiary/aromatic N) is 5. The number of carbonyl (C=O) groups excluding carboxylic acids is 11. The topological polar surface area (TPSA) is 362 Å². The molecule has 0 bridgehead atoms. The van der Waals surface area contributed by atoms with E-state index in [1.807, 2.05) is 85.0 Å². The molecule has 0 spiro atoms. The zero-order valence-corrected chi connectivity index (χ0v) is 69.8. The first kappa shape index (κ1) is 90.1. The molecule has 2 aliphatic carbocycles. The number of ether oxygens (including phenoxy) is 4. The van der Waals surface area contributed by atoms with Gasteiger partial charge in [-0.25, -0.2) is 32.8 Å². The molecule has 0 aromatic heterocycles. The Morgan fingerprint density at radius 1 is 0.533 bits per heavy atom. The number of fused-ring (bicyclic) bond motifs is 6. The monoisotopic (exact) mass is 1680 g/mol. The number of hydrogen-bond acceptors (Lipinski definition) is 17. The van der Waals surface area contributed by atoms with Crippen LogP contribution in [-0.4, -0.2) is 198 Å². The van der Waals surface area contributed by atoms with E-state index in [1.54, 1.807) is 70.7 Å². The van der Waals surface area contributed by atoms with Crippen LogP contribution in [-0.2, 0) is 96.6 Å². The second-order valence-electron chi connectivity index (χ2n) is 34.6. The number of nitrogens with one attached hydrogen (secondary N) is 7. The minimum atomic E-state index is -1.49. The van der Waals surface area contributed by atoms with Crippen molar-refractivity contribution in [2.24, 2.45) is 11.8 Å². The second kappa shape index (κ2) is 39.7. The van der Waals surface area contributed by atoms with Crippen LogP contribution < -0.4 is 37.2 Å². The van der Waals surface area contributed by atoms with Crippen molar-refractivity contribution in [1.82, 2.24) is 61.7 Å². The van der Waals surface area contributed by atoms with E-state index in [4.69, 9.17) is 18.9 Å². The van der Waals surface area contributed by atoms with Gasteiger partial charge in [0.1, 0.15) is 76.3 Å². The average molecular weight is 1680 g/mol. The summed E-state index contributed by atoms with van der Waals surface area (Å²) in [7, 11) is 0. The number of amides is 11. The predicted octanol–water partition coefficient (Wildman–Crippen LogP) is 9.94. The number of carboxylic acid groups (broad SMARTS) is 1. The minimum absolute atomic E-state index is 0. The van der Waals surface area contributed by atoms with Crippen molar-refractivity contribution in [1.29, 1.82) is 0 Å². The van der Waals surface area contributed by atoms with Gasteiger partial charge in [-0.3, -0.25) is 43.4 Å². The third-order valence-electron chi connectivity index (χ3n) is 23.3. The quantitative estimate of drug-likeness (QED) is 0.0483. The van der Waals surface area contributed by atoms with Gasteiger partial charge in [-0.15, -0.1) is 12.4 Å². The van der Waals surface area contributed by atoms with Crippen LogP contribution in [0.5, 0.6) is 0 Å². The number of aliphatic carboxylic acids is 1. The lowest BCUT2D eigenvalue weighted by Gasteiger charge is -2.32. The summed E-state index contributed by atoms with van der Waals surface area (Å²) in [5.74, 6) is -5.61. The smallest absolute Gasteiger partial charge is 0.410 e. The van der Waals surface area contributed by atoms with Gasteiger partial charge in [0, 0.05) is 68.5 Å². The largest absolute Gasteiger partial charge is 0.479 e. The van der Waals surface area contributed by atoms with Crippen LogP contribution in [0.25, 0.3) is 0 Å². The third-order valence-corrected chi connectivity index (χ3v) is 23.3. The lowest BCUT2D eigenvalue weighted by Crippen LogP contribution is -2.59. The van der Waals surface area contributed by atoms with E-state index in [-0.39, 0.29) is 119 Å². The van der Waals surface area contributed by atoms with Crippen LogP contribution in [0.3, 0.4) is 0 Å². The molecule has 120 heavy (non-hydrogen) atoms. The minimum Gasteiger partial charge on any atom is -0.479 e. The van der Waals surface area contributed by atoms with Gasteiger partial charge in [0.25, 0.3) is 0 Å². The number of benzene rings is 4. The number of carbonyl (C=O) groups is 12. The molecule has 10 aliphatic rings. The Morgan fingerprint density at radius 3 is 1.44 bits per heavy atom. The number of alkyl carbamates (subject to hydrolysis) is 2. The van der Waals surface area contributed by atoms with E-state index in [2.05, 4.69) is 37.2 Å². The molecule has 2 saturated carbocycles. The zero-order valence-electron chi connectivity index (χ0n) is 69.0. The second-order valence-corrected chi connectivity index (χ2v) is 34.6. The molecule has 8 aliphatic heterocycles. The first-order valence-electron chi connectivity index (χ1n) is 41.8. The highest BCUT2D eigenvalue weighted by atomic mass is 35.5. The first-order valence-corrected chi connectivity index (χ1v) is 41.8. The lowest BCUT2D eigenvalue weighted by molar-refractivity contribution is -0.145. The van der Waals surface area contributed by atoms with Crippen molar-refractivity contribution in [3.05, 3.63) is 166 Å². The van der Waals surface area contributed by atoms with Crippen molar-refractivity contribution < 1.29 is 90.4 Å². The molecule has 8 N–H and O–H groups in total. The maximum Gasteiger partial charge on any atom is 0.410 e. The zero-order chi connectivity index (χ0) is 84.9. The number of allylic oxidation sites excluding steroid dienone is 2. The molecule has 4 aromatic carbocycles. The molecule has 14 rings (SSSR count). The highest BCUT2D eigenvalue weighted by Crippen LogP contribution is 2.49. The molecule has 12 atom stereocenters. The van der Waals surface area contributed by atoms with Gasteiger partial charge in [-0.05, 0) is 160 Å². The molecule has 4 saturated heterocycles. The van der Waals surface area contributed by atoms with Gasteiger partial charge >= 0.3 is 30.3 Å². The van der Waals surface area contributed by atoms with Crippen molar-refractivity contribution >= 4 is 84.1 Å². The predicted molar refractivity (Wildman–Crippen MR) is 438 cm³/mol. The Bertz CT molecular complexity index is 4470. The van der Waals surface area contributed by atoms with Crippen molar-refractivity contribution in [3.63, 3.8) is 0 Å². The third kappa shape index (κ3) is 22.9. The number of halogens is 3. The summed E-state index contributed by atoms with van der Waals surface area (Å²) in [6.07, 6.45) is 12.8. The molecule has 8 heterocycles. The highest BCUT2D eigenvalue weighted by molar-refractivity contribution is 6.01. The Kier molecular flexibility index (Phi) is 29.8. The maximum atomic E-state index is 14.7. The van der Waals surface area contributed by atoms with Gasteiger partial charge in [0.15, 0.2) is 0 Å². The number of rotatable bonds is 12. The summed E-state index contributed by atoms with van der Waals surface area (Å²) < 4.78 is 51.4. The number of likely N-dealkylation sites (tertiary alicyclic amines) is 1. The summed E-state index contributed by atoms with van der Waals surface area (Å²) in [5.41, 5.74) is -0.243. The summed E-state index contributed by atoms with van der Waals surface area (Å²) >= 11 is 0. The lowest BCUT2D eigenvalue weighted by atomic mass is 10.0. The van der Waals surface area contributed by atoms with Crippen LogP contribution in [0.15, 0.2) is 121 Å². The summed E-state index contributed by atoms with van der Waals surface area (Å²) in [6, 6.07) is 23.7.